The molecule has 1 aromatic heterocycles. The summed E-state index contributed by atoms with van der Waals surface area (Å²) < 4.78 is 4.71. The van der Waals surface area contributed by atoms with Gasteiger partial charge in [-0.15, -0.1) is 0 Å². The minimum absolute atomic E-state index is 0.0577. The van der Waals surface area contributed by atoms with E-state index in [1.807, 2.05) is 24.3 Å². The van der Waals surface area contributed by atoms with Crippen LogP contribution in [0.1, 0.15) is 29.3 Å². The molecule has 1 amide bonds. The highest BCUT2D eigenvalue weighted by molar-refractivity contribution is 5.94. The molecule has 0 unspecified atom stereocenters. The molecule has 138 valence electrons. The molecular weight excluding hydrogens is 342 g/mol. The summed E-state index contributed by atoms with van der Waals surface area (Å²) in [6.07, 6.45) is 2.45. The van der Waals surface area contributed by atoms with Gasteiger partial charge in [-0.05, 0) is 31.2 Å². The van der Waals surface area contributed by atoms with E-state index >= 15 is 0 Å². The topological polar surface area (TPSA) is 80.3 Å². The van der Waals surface area contributed by atoms with Crippen LogP contribution in [0.25, 0.3) is 17.0 Å². The zero-order valence-electron chi connectivity index (χ0n) is 15.3. The Bertz CT molecular complexity index is 930. The van der Waals surface area contributed by atoms with Gasteiger partial charge in [0.15, 0.2) is 0 Å². The third-order valence-electron chi connectivity index (χ3n) is 4.47. The monoisotopic (exact) mass is 363 g/mol. The van der Waals surface area contributed by atoms with E-state index in [0.29, 0.717) is 23.4 Å². The first-order valence-corrected chi connectivity index (χ1v) is 8.58. The van der Waals surface area contributed by atoms with E-state index in [9.17, 15) is 9.59 Å². The Morgan fingerprint density at radius 3 is 2.67 bits per heavy atom. The quantitative estimate of drug-likeness (QED) is 0.799. The molecule has 1 aromatic carbocycles. The maximum Gasteiger partial charge on any atom is 0.337 e. The zero-order chi connectivity index (χ0) is 19.4. The summed E-state index contributed by atoms with van der Waals surface area (Å²) in [5.74, 6) is -0.432. The maximum absolute atomic E-state index is 11.8. The van der Waals surface area contributed by atoms with Gasteiger partial charge in [0.05, 0.1) is 18.4 Å². The Morgan fingerprint density at radius 1 is 1.22 bits per heavy atom. The van der Waals surface area contributed by atoms with Crippen molar-refractivity contribution in [3.63, 3.8) is 0 Å². The van der Waals surface area contributed by atoms with Crippen LogP contribution in [0.4, 0.5) is 0 Å². The molecule has 0 atom stereocenters. The van der Waals surface area contributed by atoms with Crippen molar-refractivity contribution in [2.75, 3.05) is 13.7 Å². The molecule has 2 N–H and O–H groups in total. The van der Waals surface area contributed by atoms with Gasteiger partial charge in [0.1, 0.15) is 0 Å². The predicted molar refractivity (Wildman–Crippen MR) is 104 cm³/mol. The first kappa shape index (κ1) is 18.4. The third-order valence-corrected chi connectivity index (χ3v) is 4.47. The van der Waals surface area contributed by atoms with Gasteiger partial charge < -0.3 is 15.4 Å². The van der Waals surface area contributed by atoms with Gasteiger partial charge in [0, 0.05) is 47.3 Å². The summed E-state index contributed by atoms with van der Waals surface area (Å²) in [4.78, 5) is 27.7. The normalized spacial score (nSPS) is 13.8. The van der Waals surface area contributed by atoms with Crippen molar-refractivity contribution in [2.24, 2.45) is 0 Å². The van der Waals surface area contributed by atoms with E-state index in [1.165, 1.54) is 7.11 Å². The van der Waals surface area contributed by atoms with Gasteiger partial charge >= 0.3 is 5.97 Å². The molecule has 1 aliphatic heterocycles. The molecule has 0 fully saturated rings. The Labute approximate surface area is 158 Å². The Balaban J connectivity index is 1.81. The lowest BCUT2D eigenvalue weighted by Crippen LogP contribution is -2.34. The van der Waals surface area contributed by atoms with Crippen molar-refractivity contribution in [1.82, 2.24) is 15.6 Å². The number of nitrogens with one attached hydrogen (secondary N) is 2. The molecule has 3 rings (SSSR count). The maximum atomic E-state index is 11.8. The average molecular weight is 363 g/mol. The van der Waals surface area contributed by atoms with Crippen LogP contribution in [0.5, 0.6) is 0 Å². The Hall–Kier alpha value is -3.41. The van der Waals surface area contributed by atoms with E-state index in [-0.39, 0.29) is 11.9 Å². The fraction of sp³-hybridized carbons (Fsp3) is 0.190. The van der Waals surface area contributed by atoms with Crippen LogP contribution in [0.3, 0.4) is 0 Å². The summed E-state index contributed by atoms with van der Waals surface area (Å²) >= 11 is 0. The van der Waals surface area contributed by atoms with Crippen molar-refractivity contribution in [3.05, 3.63) is 71.6 Å². The minimum atomic E-state index is -0.374. The molecule has 0 aliphatic carbocycles. The van der Waals surface area contributed by atoms with E-state index in [0.717, 1.165) is 28.9 Å². The fourth-order valence-electron chi connectivity index (χ4n) is 2.84. The van der Waals surface area contributed by atoms with Gasteiger partial charge in [0.2, 0.25) is 5.91 Å². The van der Waals surface area contributed by atoms with E-state index in [2.05, 4.69) is 22.2 Å². The van der Waals surface area contributed by atoms with Gasteiger partial charge in [-0.1, -0.05) is 18.7 Å². The Kier molecular flexibility index (Phi) is 5.35. The van der Waals surface area contributed by atoms with Crippen LogP contribution in [0.15, 0.2) is 60.4 Å². The number of rotatable bonds is 5. The van der Waals surface area contributed by atoms with Crippen LogP contribution in [-0.2, 0) is 9.53 Å². The second kappa shape index (κ2) is 7.86. The number of aromatic nitrogens is 1. The van der Waals surface area contributed by atoms with Crippen LogP contribution < -0.4 is 10.6 Å². The molecule has 2 aromatic rings. The smallest absolute Gasteiger partial charge is 0.337 e. The number of benzene rings is 1. The lowest BCUT2D eigenvalue weighted by molar-refractivity contribution is -0.117. The molecule has 0 saturated carbocycles. The standard InChI is InChI=1S/C21H21N3O3/c1-13-18(9-11-23-20(13)25)24-14(2)17-8-10-22-19(12-17)15-4-6-16(7-5-15)21(26)27-3/h4-8,10,12,24H,2,9,11H2,1,3H3,(H,23,25). The molecule has 0 radical (unpaired) electrons. The molecule has 0 spiro atoms. The minimum Gasteiger partial charge on any atom is -0.465 e. The molecule has 0 bridgehead atoms. The van der Waals surface area contributed by atoms with Gasteiger partial charge in [0.25, 0.3) is 0 Å². The number of amides is 1. The molecule has 6 nitrogen and oxygen atoms in total. The van der Waals surface area contributed by atoms with Gasteiger partial charge in [-0.2, -0.15) is 0 Å². The van der Waals surface area contributed by atoms with E-state index in [1.54, 1.807) is 25.3 Å². The lowest BCUT2D eigenvalue weighted by Gasteiger charge is -2.21. The number of hydrogen-bond donors (Lipinski definition) is 2. The van der Waals surface area contributed by atoms with E-state index < -0.39 is 0 Å². The highest BCUT2D eigenvalue weighted by Gasteiger charge is 2.17. The summed E-state index contributed by atoms with van der Waals surface area (Å²) in [7, 11) is 1.35. The van der Waals surface area contributed by atoms with Crippen molar-refractivity contribution in [2.45, 2.75) is 13.3 Å². The average Bonchev–Trinajstić information content (AvgIpc) is 2.71. The number of esters is 1. The van der Waals surface area contributed by atoms with E-state index in [4.69, 9.17) is 4.74 Å². The van der Waals surface area contributed by atoms with Crippen LogP contribution in [0, 0.1) is 0 Å². The molecular formula is C21H21N3O3. The fourth-order valence-corrected chi connectivity index (χ4v) is 2.84. The number of pyridine rings is 1. The van der Waals surface area contributed by atoms with Gasteiger partial charge in [-0.25, -0.2) is 4.79 Å². The lowest BCUT2D eigenvalue weighted by atomic mass is 10.0. The number of nitrogens with zero attached hydrogens (tertiary/aromatic N) is 1. The van der Waals surface area contributed by atoms with Gasteiger partial charge in [-0.3, -0.25) is 9.78 Å². The SMILES string of the molecule is C=C(NC1=C(C)C(=O)NCC1)c1ccnc(-c2ccc(C(=O)OC)cc2)c1. The molecule has 0 saturated heterocycles. The highest BCUT2D eigenvalue weighted by atomic mass is 16.5. The molecule has 2 heterocycles. The number of carbonyl (C=O) groups excluding carboxylic acids is 2. The number of hydrogen-bond acceptors (Lipinski definition) is 5. The Morgan fingerprint density at radius 2 is 1.96 bits per heavy atom. The summed E-state index contributed by atoms with van der Waals surface area (Å²) in [6.45, 7) is 6.50. The third kappa shape index (κ3) is 4.06. The van der Waals surface area contributed by atoms with Crippen LogP contribution in [-0.4, -0.2) is 30.5 Å². The molecule has 27 heavy (non-hydrogen) atoms. The first-order valence-electron chi connectivity index (χ1n) is 8.58. The summed E-state index contributed by atoms with van der Waals surface area (Å²) in [6, 6.07) is 10.8. The largest absolute Gasteiger partial charge is 0.465 e. The highest BCUT2D eigenvalue weighted by Crippen LogP contribution is 2.22. The first-order chi connectivity index (χ1) is 13.0. The second-order valence-corrected chi connectivity index (χ2v) is 6.21. The summed E-state index contributed by atoms with van der Waals surface area (Å²) in [5.41, 5.74) is 5.27. The predicted octanol–water partition coefficient (Wildman–Crippen LogP) is 2.89. The molecule has 1 aliphatic rings. The summed E-state index contributed by atoms with van der Waals surface area (Å²) in [5, 5.41) is 6.07. The number of carbonyl (C=O) groups is 2. The second-order valence-electron chi connectivity index (χ2n) is 6.21. The number of methoxy groups -OCH3 is 1. The van der Waals surface area contributed by atoms with Crippen molar-refractivity contribution in [3.8, 4) is 11.3 Å². The van der Waals surface area contributed by atoms with Crippen LogP contribution >= 0.6 is 0 Å². The van der Waals surface area contributed by atoms with Crippen molar-refractivity contribution >= 4 is 17.6 Å². The number of ether oxygens (including phenoxy) is 1. The zero-order valence-corrected chi connectivity index (χ0v) is 15.3. The van der Waals surface area contributed by atoms with Crippen molar-refractivity contribution in [1.29, 1.82) is 0 Å². The van der Waals surface area contributed by atoms with Crippen LogP contribution in [0.2, 0.25) is 0 Å². The van der Waals surface area contributed by atoms with Crippen molar-refractivity contribution < 1.29 is 14.3 Å². The molecule has 6 heteroatoms.